The molecule has 1 N–H and O–H groups in total. The molecule has 1 aliphatic heterocycles. The smallest absolute Gasteiger partial charge is 0.359 e. The summed E-state index contributed by atoms with van der Waals surface area (Å²) in [5.74, 6) is -2.31. The molecule has 2 heterocycles. The van der Waals surface area contributed by atoms with E-state index in [0.717, 1.165) is 10.2 Å². The maximum Gasteiger partial charge on any atom is 0.359 e. The normalized spacial score (nSPS) is 17.9. The van der Waals surface area contributed by atoms with Crippen molar-refractivity contribution >= 4 is 50.7 Å². The predicted octanol–water partition coefficient (Wildman–Crippen LogP) is 3.91. The Bertz CT molecular complexity index is 1250. The van der Waals surface area contributed by atoms with E-state index in [1.807, 2.05) is 48.5 Å². The number of halogens is 1. The molecule has 0 bridgehead atoms. The molecule has 8 nitrogen and oxygen atoms in total. The zero-order valence-corrected chi connectivity index (χ0v) is 19.8. The highest BCUT2D eigenvalue weighted by Gasteiger charge is 2.42. The van der Waals surface area contributed by atoms with Gasteiger partial charge in [-0.3, -0.25) is 4.79 Å². The molecule has 3 aromatic rings. The molecule has 10 heteroatoms. The molecule has 33 heavy (non-hydrogen) atoms. The number of hydrogen-bond acceptors (Lipinski definition) is 6. The molecule has 0 saturated carbocycles. The van der Waals surface area contributed by atoms with Crippen LogP contribution in [-0.4, -0.2) is 33.3 Å². The number of para-hydroxylation sites is 1. The van der Waals surface area contributed by atoms with Gasteiger partial charge < -0.3 is 15.0 Å². The van der Waals surface area contributed by atoms with E-state index in [1.54, 1.807) is 34.8 Å². The van der Waals surface area contributed by atoms with Gasteiger partial charge in [0.2, 0.25) is 5.91 Å². The Kier molecular flexibility index (Phi) is 6.53. The molecule has 1 amide bonds. The van der Waals surface area contributed by atoms with Gasteiger partial charge in [0.15, 0.2) is 11.6 Å². The second-order valence-corrected chi connectivity index (χ2v) is 8.43. The van der Waals surface area contributed by atoms with Crippen LogP contribution in [-0.2, 0) is 9.53 Å². The van der Waals surface area contributed by atoms with Crippen LogP contribution in [0.3, 0.4) is 0 Å². The van der Waals surface area contributed by atoms with Crippen molar-refractivity contribution in [3.05, 3.63) is 76.5 Å². The molecule has 0 radical (unpaired) electrons. The summed E-state index contributed by atoms with van der Waals surface area (Å²) in [5.41, 5.74) is 1.82. The van der Waals surface area contributed by atoms with Crippen molar-refractivity contribution in [3.8, 4) is 11.8 Å². The average Bonchev–Trinajstić information content (AvgIpc) is 3.26. The lowest BCUT2D eigenvalue weighted by atomic mass is 10.0. The van der Waals surface area contributed by atoms with Gasteiger partial charge in [-0.15, -0.1) is 0 Å². The third-order valence-corrected chi connectivity index (χ3v) is 6.01. The molecule has 1 fully saturated rings. The quantitative estimate of drug-likeness (QED) is 0.399. The van der Waals surface area contributed by atoms with Crippen LogP contribution in [0, 0.1) is 17.2 Å². The molecule has 1 aromatic heterocycles. The third kappa shape index (κ3) is 4.37. The third-order valence-electron chi connectivity index (χ3n) is 5.04. The van der Waals surface area contributed by atoms with Crippen LogP contribution < -0.4 is 10.2 Å². The molecule has 166 valence electrons. The van der Waals surface area contributed by atoms with E-state index in [2.05, 4.69) is 26.3 Å². The van der Waals surface area contributed by atoms with Crippen molar-refractivity contribution in [2.75, 3.05) is 11.5 Å². The van der Waals surface area contributed by atoms with Gasteiger partial charge in [0, 0.05) is 21.9 Å². The minimum atomic E-state index is -1.14. The number of hydrogen-bond donors (Lipinski definition) is 1. The van der Waals surface area contributed by atoms with Crippen LogP contribution in [0.2, 0.25) is 0 Å². The molecular weight excluding hydrogens is 506 g/mol. The number of thiocarbonyl (C=S) groups is 1. The number of anilines is 1. The number of rotatable bonds is 5. The summed E-state index contributed by atoms with van der Waals surface area (Å²) in [6.07, 6.45) is 0.792. The zero-order valence-electron chi connectivity index (χ0n) is 17.4. The fourth-order valence-corrected chi connectivity index (χ4v) is 4.16. The molecule has 4 rings (SSSR count). The van der Waals surface area contributed by atoms with E-state index in [0.29, 0.717) is 11.3 Å². The second kappa shape index (κ2) is 9.52. The Hall–Kier alpha value is -3.55. The van der Waals surface area contributed by atoms with Crippen molar-refractivity contribution in [1.82, 2.24) is 15.1 Å². The van der Waals surface area contributed by atoms with Crippen molar-refractivity contribution in [2.45, 2.75) is 13.1 Å². The number of benzene rings is 2. The molecule has 0 aliphatic carbocycles. The number of aromatic nitrogens is 2. The number of nitriles is 1. The summed E-state index contributed by atoms with van der Waals surface area (Å²) in [6, 6.07) is 18.5. The fraction of sp³-hybridized carbons (Fsp3) is 0.174. The van der Waals surface area contributed by atoms with E-state index >= 15 is 0 Å². The van der Waals surface area contributed by atoms with E-state index in [9.17, 15) is 14.9 Å². The van der Waals surface area contributed by atoms with Gasteiger partial charge >= 0.3 is 5.97 Å². The van der Waals surface area contributed by atoms with Gasteiger partial charge in [0.05, 0.1) is 18.4 Å². The first-order valence-corrected chi connectivity index (χ1v) is 11.3. The largest absolute Gasteiger partial charge is 0.461 e. The Morgan fingerprint density at radius 1 is 1.21 bits per heavy atom. The topological polar surface area (TPSA) is 100 Å². The average molecular weight is 524 g/mol. The first kappa shape index (κ1) is 22.6. The fourth-order valence-electron chi connectivity index (χ4n) is 3.53. The monoisotopic (exact) mass is 523 g/mol. The van der Waals surface area contributed by atoms with Crippen molar-refractivity contribution < 1.29 is 14.3 Å². The molecule has 2 atom stereocenters. The van der Waals surface area contributed by atoms with Crippen molar-refractivity contribution in [3.63, 3.8) is 0 Å². The molecular formula is C23H18BrN5O3S. The lowest BCUT2D eigenvalue weighted by molar-refractivity contribution is -0.123. The highest BCUT2D eigenvalue weighted by Crippen LogP contribution is 2.34. The number of amides is 1. The summed E-state index contributed by atoms with van der Waals surface area (Å²) < 4.78 is 7.63. The molecule has 1 saturated heterocycles. The first-order valence-electron chi connectivity index (χ1n) is 10.0. The number of nitrogens with one attached hydrogen (secondary N) is 1. The summed E-state index contributed by atoms with van der Waals surface area (Å²) >= 11 is 8.97. The van der Waals surface area contributed by atoms with Gasteiger partial charge in [-0.05, 0) is 43.3 Å². The lowest BCUT2D eigenvalue weighted by Crippen LogP contribution is -2.55. The van der Waals surface area contributed by atoms with E-state index in [1.165, 1.54) is 0 Å². The molecule has 0 spiro atoms. The number of esters is 1. The van der Waals surface area contributed by atoms with Crippen LogP contribution >= 0.6 is 28.1 Å². The number of carbonyl (C=O) groups is 2. The maximum atomic E-state index is 12.8. The minimum absolute atomic E-state index is 0.0475. The van der Waals surface area contributed by atoms with Gasteiger partial charge in [-0.2, -0.15) is 10.4 Å². The molecule has 1 aliphatic rings. The van der Waals surface area contributed by atoms with Gasteiger partial charge in [0.25, 0.3) is 0 Å². The lowest BCUT2D eigenvalue weighted by Gasteiger charge is -2.39. The Balaban J connectivity index is 1.88. The van der Waals surface area contributed by atoms with Crippen LogP contribution in [0.4, 0.5) is 5.69 Å². The number of ether oxygens (including phenoxy) is 1. The predicted molar refractivity (Wildman–Crippen MR) is 129 cm³/mol. The number of nitrogens with zero attached hydrogens (tertiary/aromatic N) is 4. The molecule has 2 unspecified atom stereocenters. The zero-order chi connectivity index (χ0) is 23.5. The van der Waals surface area contributed by atoms with Crippen LogP contribution in [0.25, 0.3) is 5.69 Å². The minimum Gasteiger partial charge on any atom is -0.461 e. The molecule has 2 aromatic carbocycles. The first-order chi connectivity index (χ1) is 15.9. The van der Waals surface area contributed by atoms with E-state index in [4.69, 9.17) is 17.0 Å². The van der Waals surface area contributed by atoms with Crippen molar-refractivity contribution in [2.24, 2.45) is 5.92 Å². The SMILES string of the molecule is CCOC(=O)c1nn(-c2ccccc2)cc1C1NC(=O)C(C#N)C(=S)N1c1ccc(Br)cc1. The maximum absolute atomic E-state index is 12.8. The number of carbonyl (C=O) groups excluding carboxylic acids is 2. The van der Waals surface area contributed by atoms with Crippen LogP contribution in [0.5, 0.6) is 0 Å². The van der Waals surface area contributed by atoms with Gasteiger partial charge in [-0.1, -0.05) is 46.3 Å². The van der Waals surface area contributed by atoms with Crippen LogP contribution in [0.1, 0.15) is 29.1 Å². The van der Waals surface area contributed by atoms with Crippen LogP contribution in [0.15, 0.2) is 65.3 Å². The van der Waals surface area contributed by atoms with Crippen molar-refractivity contribution in [1.29, 1.82) is 5.26 Å². The Morgan fingerprint density at radius 2 is 1.91 bits per heavy atom. The van der Waals surface area contributed by atoms with Gasteiger partial charge in [0.1, 0.15) is 11.2 Å². The van der Waals surface area contributed by atoms with E-state index in [-0.39, 0.29) is 17.3 Å². The second-order valence-electron chi connectivity index (χ2n) is 7.09. The highest BCUT2D eigenvalue weighted by atomic mass is 79.9. The summed E-state index contributed by atoms with van der Waals surface area (Å²) in [6.45, 7) is 1.87. The standard InChI is InChI=1S/C23H18BrN5O3S/c1-2-32-23(31)19-18(13-28(27-19)15-6-4-3-5-7-15)20-26-21(30)17(12-25)22(33)29(20)16-10-8-14(24)9-11-16/h3-11,13,17,20H,2H2,1H3,(H,26,30). The Labute approximate surface area is 203 Å². The Morgan fingerprint density at radius 3 is 2.55 bits per heavy atom. The summed E-state index contributed by atoms with van der Waals surface area (Å²) in [4.78, 5) is 27.3. The van der Waals surface area contributed by atoms with E-state index < -0.39 is 24.0 Å². The van der Waals surface area contributed by atoms with Gasteiger partial charge in [-0.25, -0.2) is 9.48 Å². The summed E-state index contributed by atoms with van der Waals surface area (Å²) in [7, 11) is 0. The highest BCUT2D eigenvalue weighted by molar-refractivity contribution is 9.10. The summed E-state index contributed by atoms with van der Waals surface area (Å²) in [5, 5.41) is 16.8.